The molecule has 0 aliphatic heterocycles. The van der Waals surface area contributed by atoms with Gasteiger partial charge in [0, 0.05) is 34.6 Å². The van der Waals surface area contributed by atoms with Crippen LogP contribution in [0.2, 0.25) is 0 Å². The molecule has 0 radical (unpaired) electrons. The van der Waals surface area contributed by atoms with Gasteiger partial charge in [-0.3, -0.25) is 9.97 Å². The van der Waals surface area contributed by atoms with Crippen molar-refractivity contribution in [2.75, 3.05) is 28.4 Å². The summed E-state index contributed by atoms with van der Waals surface area (Å²) in [6, 6.07) is 10.8. The normalized spacial score (nSPS) is 11.9. The van der Waals surface area contributed by atoms with Crippen LogP contribution >= 0.6 is 0 Å². The van der Waals surface area contributed by atoms with Crippen LogP contribution in [0.4, 0.5) is 0 Å². The molecule has 4 heterocycles. The molecule has 2 aromatic carbocycles. The number of methoxy groups -OCH3 is 4. The maximum absolute atomic E-state index is 12.6. The summed E-state index contributed by atoms with van der Waals surface area (Å²) < 4.78 is 46.4. The van der Waals surface area contributed by atoms with Crippen molar-refractivity contribution in [3.63, 3.8) is 0 Å². The van der Waals surface area contributed by atoms with E-state index >= 15 is 0 Å². The second kappa shape index (κ2) is 17.9. The van der Waals surface area contributed by atoms with Gasteiger partial charge in [0.05, 0.1) is 39.8 Å². The van der Waals surface area contributed by atoms with Crippen LogP contribution in [0, 0.1) is 27.7 Å². The smallest absolute Gasteiger partial charge is 0.612 e. The van der Waals surface area contributed by atoms with Crippen LogP contribution in [-0.2, 0) is 33.9 Å². The Bertz CT molecular complexity index is 1910. The molecule has 0 saturated heterocycles. The Balaban J connectivity index is 0.000000260. The van der Waals surface area contributed by atoms with Gasteiger partial charge in [-0.1, -0.05) is 12.1 Å². The van der Waals surface area contributed by atoms with Crippen molar-refractivity contribution >= 4 is 67.5 Å². The number of pyridine rings is 2. The monoisotopic (exact) mass is 730 g/mol. The van der Waals surface area contributed by atoms with E-state index < -0.39 is 22.4 Å². The fraction of sp³-hybridized carbons (Fsp3) is 0.294. The third kappa shape index (κ3) is 8.92. The molecule has 16 heteroatoms. The van der Waals surface area contributed by atoms with Gasteiger partial charge in [0.1, 0.15) is 33.3 Å². The Labute approximate surface area is 312 Å². The first-order chi connectivity index (χ1) is 23.1. The number of ether oxygens (including phenoxy) is 4. The van der Waals surface area contributed by atoms with E-state index in [1.807, 2.05) is 27.7 Å². The third-order valence-corrected chi connectivity index (χ3v) is 9.92. The zero-order valence-corrected chi connectivity index (χ0v) is 32.2. The first kappa shape index (κ1) is 40.7. The van der Waals surface area contributed by atoms with Gasteiger partial charge in [0.15, 0.2) is 11.5 Å². The van der Waals surface area contributed by atoms with Crippen molar-refractivity contribution in [3.8, 4) is 23.0 Å². The summed E-state index contributed by atoms with van der Waals surface area (Å²) in [5, 5.41) is 0.609. The number of rotatable bonds is 10. The molecule has 2 N–H and O–H groups in total. The van der Waals surface area contributed by atoms with Crippen LogP contribution in [0.5, 0.6) is 23.0 Å². The van der Waals surface area contributed by atoms with E-state index in [1.165, 1.54) is 0 Å². The van der Waals surface area contributed by atoms with Gasteiger partial charge in [-0.15, -0.1) is 0 Å². The van der Waals surface area contributed by atoms with Crippen LogP contribution in [0.15, 0.2) is 59.1 Å². The first-order valence-electron chi connectivity index (χ1n) is 14.8. The van der Waals surface area contributed by atoms with Crippen molar-refractivity contribution in [2.24, 2.45) is 0 Å². The van der Waals surface area contributed by atoms with Crippen molar-refractivity contribution in [1.82, 2.24) is 29.9 Å². The van der Waals surface area contributed by atoms with E-state index in [0.717, 1.165) is 45.1 Å². The largest absolute Gasteiger partial charge is 2.00 e. The molecule has 13 nitrogen and oxygen atoms in total. The fourth-order valence-electron chi connectivity index (χ4n) is 5.11. The van der Waals surface area contributed by atoms with Gasteiger partial charge in [0.25, 0.3) is 0 Å². The van der Waals surface area contributed by atoms with E-state index in [1.54, 1.807) is 77.2 Å². The van der Waals surface area contributed by atoms with Crippen LogP contribution in [0.3, 0.4) is 0 Å². The summed E-state index contributed by atoms with van der Waals surface area (Å²) in [6.45, 7) is 7.69. The van der Waals surface area contributed by atoms with Crippen LogP contribution < -0.4 is 28.9 Å². The van der Waals surface area contributed by atoms with Crippen LogP contribution in [0.1, 0.15) is 33.6 Å². The molecular formula is C34H38MgN6O7S2. The number of aryl methyl sites for hydroxylation is 2. The minimum Gasteiger partial charge on any atom is -0.612 e. The fourth-order valence-corrected chi connectivity index (χ4v) is 7.24. The SMILES string of the molecule is COc1ccc2[n-]c([S@@+]([O-])Cc3ncc(C)c(OC)c3C)nc2c1.COc1ccc2[n-]c([S@@+]([O-])Cc3ncc(C)c(OC)c3C)nc2c1.O.[Mg+2]. The van der Waals surface area contributed by atoms with Gasteiger partial charge in [-0.25, -0.2) is 0 Å². The Morgan fingerprint density at radius 2 is 1.00 bits per heavy atom. The minimum absolute atomic E-state index is 0. The van der Waals surface area contributed by atoms with Gasteiger partial charge >= 0.3 is 23.1 Å². The molecule has 260 valence electrons. The number of hydrogen-bond acceptors (Lipinski definition) is 10. The molecule has 0 aliphatic rings. The van der Waals surface area contributed by atoms with Crippen molar-refractivity contribution in [3.05, 3.63) is 82.4 Å². The standard InChI is InChI=1S/2C17H18N3O3S.Mg.H2O/c2*1-10-8-18-15(11(2)16(10)23-4)9-24(21)17-19-13-6-5-12(22-3)7-14(13)20-17;;/h2*5-8H,9H2,1-4H3;;1H2/q2*-1;+2;/t2*24-;;/m00../s1. The summed E-state index contributed by atoms with van der Waals surface area (Å²) in [6.07, 6.45) is 3.46. The molecule has 6 rings (SSSR count). The van der Waals surface area contributed by atoms with Gasteiger partial charge in [0.2, 0.25) is 0 Å². The van der Waals surface area contributed by atoms with Crippen molar-refractivity contribution < 1.29 is 33.5 Å². The number of fused-ring (bicyclic) bond motifs is 2. The quantitative estimate of drug-likeness (QED) is 0.146. The maximum Gasteiger partial charge on any atom is 2.00 e. The van der Waals surface area contributed by atoms with Gasteiger partial charge in [-0.2, -0.15) is 0 Å². The van der Waals surface area contributed by atoms with E-state index in [0.29, 0.717) is 43.9 Å². The molecule has 0 saturated carbocycles. The van der Waals surface area contributed by atoms with Gasteiger partial charge < -0.3 is 53.5 Å². The average Bonchev–Trinajstić information content (AvgIpc) is 3.72. The van der Waals surface area contributed by atoms with E-state index in [2.05, 4.69) is 29.9 Å². The molecule has 0 aliphatic carbocycles. The second-order valence-corrected chi connectivity index (χ2v) is 13.5. The molecule has 6 aromatic rings. The molecule has 50 heavy (non-hydrogen) atoms. The molecule has 0 fully saturated rings. The molecule has 0 spiro atoms. The Kier molecular flexibility index (Phi) is 14.6. The Morgan fingerprint density at radius 3 is 1.34 bits per heavy atom. The number of aromatic nitrogens is 6. The average molecular weight is 731 g/mol. The number of benzene rings is 2. The van der Waals surface area contributed by atoms with Crippen molar-refractivity contribution in [1.29, 1.82) is 0 Å². The molecule has 2 atom stereocenters. The topological polar surface area (TPSA) is 194 Å². The molecular weight excluding hydrogens is 693 g/mol. The number of imidazole rings is 2. The molecule has 0 unspecified atom stereocenters. The zero-order valence-electron chi connectivity index (χ0n) is 29.2. The minimum atomic E-state index is -1.38. The molecule has 0 amide bonds. The predicted octanol–water partition coefficient (Wildman–Crippen LogP) is 3.85. The third-order valence-electron chi connectivity index (χ3n) is 7.67. The second-order valence-electron chi connectivity index (χ2n) is 10.8. The van der Waals surface area contributed by atoms with Crippen molar-refractivity contribution in [2.45, 2.75) is 49.5 Å². The van der Waals surface area contributed by atoms with E-state index in [9.17, 15) is 9.11 Å². The van der Waals surface area contributed by atoms with E-state index in [4.69, 9.17) is 18.9 Å². The molecule has 4 aromatic heterocycles. The summed E-state index contributed by atoms with van der Waals surface area (Å²) in [5.74, 6) is 3.43. The van der Waals surface area contributed by atoms with Crippen LogP contribution in [-0.4, -0.2) is 86.0 Å². The summed E-state index contributed by atoms with van der Waals surface area (Å²) in [5.41, 5.74) is 7.87. The number of nitrogens with zero attached hydrogens (tertiary/aromatic N) is 6. The Hall–Kier alpha value is -3.77. The summed E-state index contributed by atoms with van der Waals surface area (Å²) in [7, 11) is 6.43. The Morgan fingerprint density at radius 1 is 0.620 bits per heavy atom. The summed E-state index contributed by atoms with van der Waals surface area (Å²) in [4.78, 5) is 26.2. The zero-order chi connectivity index (χ0) is 34.5. The maximum atomic E-state index is 12.6. The summed E-state index contributed by atoms with van der Waals surface area (Å²) >= 11 is -2.77. The number of hydrogen-bond donors (Lipinski definition) is 0. The van der Waals surface area contributed by atoms with Crippen LogP contribution in [0.25, 0.3) is 22.1 Å². The predicted molar refractivity (Wildman–Crippen MR) is 193 cm³/mol. The van der Waals surface area contributed by atoms with Gasteiger partial charge in [-0.05, 0) is 96.4 Å². The molecule has 0 bridgehead atoms. The van der Waals surface area contributed by atoms with E-state index in [-0.39, 0.29) is 40.0 Å². The first-order valence-corrected chi connectivity index (χ1v) is 17.4.